The second kappa shape index (κ2) is 6.51. The minimum atomic E-state index is -0.460. The second-order valence-electron chi connectivity index (χ2n) is 2.65. The molecule has 0 unspecified atom stereocenters. The fraction of sp³-hybridized carbons (Fsp3) is 0.833. The number of hydrogen-bond donors (Lipinski definition) is 2. The van der Waals surface area contributed by atoms with Gasteiger partial charge in [0.15, 0.2) is 0 Å². The summed E-state index contributed by atoms with van der Waals surface area (Å²) in [4.78, 5) is 0. The number of hydrogen-bond acceptors (Lipinski definition) is 2. The van der Waals surface area contributed by atoms with E-state index in [9.17, 15) is 0 Å². The molecule has 0 aromatic carbocycles. The summed E-state index contributed by atoms with van der Waals surface area (Å²) in [6.07, 6.45) is 4.49. The van der Waals surface area contributed by atoms with E-state index in [1.54, 1.807) is 0 Å². The fourth-order valence-corrected chi connectivity index (χ4v) is 1.72. The van der Waals surface area contributed by atoms with Crippen LogP contribution in [0, 0.1) is 3.92 Å². The first-order chi connectivity index (χ1) is 5.13. The molecule has 1 rings (SSSR count). The topological polar surface area (TPSA) is 52.0 Å². The van der Waals surface area contributed by atoms with Gasteiger partial charge in [-0.05, 0) is 0 Å². The standard InChI is InChI=1S/C6H12IN2.HI.Pt/c7-5-3-1-2-4-6(5,8)9;;/h1-4,8-9H2;1H;/q-1;;+2/p-1. The average Bonchev–Trinajstić information content (AvgIpc) is 2.00. The maximum atomic E-state index is 5.75. The van der Waals surface area contributed by atoms with Crippen LogP contribution < -0.4 is 11.5 Å². The third-order valence-corrected chi connectivity index (χ3v) is 3.29. The second-order valence-corrected chi connectivity index (χ2v) is 3.95. The number of rotatable bonds is 0. The van der Waals surface area contributed by atoms with Crippen LogP contribution in [-0.4, -0.2) is 5.66 Å². The Morgan fingerprint density at radius 2 is 1.82 bits per heavy atom. The predicted octanol–water partition coefficient (Wildman–Crippen LogP) is 2.02. The zero-order valence-corrected chi connectivity index (χ0v) is 12.6. The molecule has 1 aliphatic carbocycles. The van der Waals surface area contributed by atoms with E-state index < -0.39 is 5.66 Å². The predicted molar refractivity (Wildman–Crippen MR) is 60.9 cm³/mol. The Morgan fingerprint density at radius 3 is 2.09 bits per heavy atom. The van der Waals surface area contributed by atoms with Crippen molar-refractivity contribution in [2.75, 3.05) is 0 Å². The summed E-state index contributed by atoms with van der Waals surface area (Å²) in [6, 6.07) is 0. The van der Waals surface area contributed by atoms with E-state index in [4.69, 9.17) is 11.5 Å². The van der Waals surface area contributed by atoms with Crippen molar-refractivity contribution in [2.45, 2.75) is 31.3 Å². The zero-order valence-electron chi connectivity index (χ0n) is 6.06. The molecule has 0 aliphatic heterocycles. The summed E-state index contributed by atoms with van der Waals surface area (Å²) in [5, 5.41) is 0. The Labute approximate surface area is 103 Å². The maximum absolute atomic E-state index is 5.75. The van der Waals surface area contributed by atoms with Crippen molar-refractivity contribution in [2.24, 2.45) is 11.5 Å². The molecule has 1 aliphatic rings. The van der Waals surface area contributed by atoms with E-state index in [0.29, 0.717) is 0 Å². The van der Waals surface area contributed by atoms with E-state index in [1.807, 2.05) is 0 Å². The Bertz CT molecular complexity index is 111. The van der Waals surface area contributed by atoms with Gasteiger partial charge in [0, 0.05) is 0 Å². The average molecular weight is 561 g/mol. The van der Waals surface area contributed by atoms with Crippen molar-refractivity contribution in [1.29, 1.82) is 0 Å². The van der Waals surface area contributed by atoms with Gasteiger partial charge >= 0.3 is 35.5 Å². The Hall–Kier alpha value is 2.07. The minimum absolute atomic E-state index is 0.460. The molecule has 1 saturated carbocycles. The molecule has 0 saturated heterocycles. The van der Waals surface area contributed by atoms with Crippen LogP contribution in [0.15, 0.2) is 0 Å². The van der Waals surface area contributed by atoms with E-state index in [0.717, 1.165) is 12.8 Å². The van der Waals surface area contributed by atoms with Crippen LogP contribution in [0.3, 0.4) is 0 Å². The third-order valence-electron chi connectivity index (χ3n) is 1.74. The van der Waals surface area contributed by atoms with Crippen LogP contribution in [0.1, 0.15) is 25.7 Å². The zero-order chi connectivity index (χ0) is 8.91. The summed E-state index contributed by atoms with van der Waals surface area (Å²) in [5.74, 6) is 0. The first-order valence-corrected chi connectivity index (χ1v) is 10.9. The first kappa shape index (κ1) is 13.1. The van der Waals surface area contributed by atoms with Gasteiger partial charge < -0.3 is 34.1 Å². The molecule has 70 valence electrons. The molecular formula is C6H12I2N2Pt. The van der Waals surface area contributed by atoms with Crippen LogP contribution in [-0.2, 0) is 16.1 Å². The van der Waals surface area contributed by atoms with Crippen LogP contribution in [0.5, 0.6) is 0 Å². The van der Waals surface area contributed by atoms with Crippen molar-refractivity contribution >= 4 is 41.9 Å². The summed E-state index contributed by atoms with van der Waals surface area (Å²) >= 11 is 6.50. The van der Waals surface area contributed by atoms with Crippen molar-refractivity contribution in [3.05, 3.63) is 3.92 Å². The van der Waals surface area contributed by atoms with Gasteiger partial charge in [-0.25, -0.2) is 3.92 Å². The van der Waals surface area contributed by atoms with E-state index >= 15 is 0 Å². The van der Waals surface area contributed by atoms with Gasteiger partial charge in [0.25, 0.3) is 0 Å². The van der Waals surface area contributed by atoms with E-state index in [-0.39, 0.29) is 0 Å². The molecule has 0 amide bonds. The molecule has 0 spiro atoms. The molecule has 0 heterocycles. The molecule has 0 bridgehead atoms. The normalized spacial score (nSPS) is 23.8. The Kier molecular flexibility index (Phi) is 7.74. The van der Waals surface area contributed by atoms with Crippen molar-refractivity contribution < 1.29 is 16.1 Å². The van der Waals surface area contributed by atoms with Crippen LogP contribution in [0.2, 0.25) is 0 Å². The van der Waals surface area contributed by atoms with E-state index in [1.165, 1.54) is 16.8 Å². The quantitative estimate of drug-likeness (QED) is 0.271. The van der Waals surface area contributed by atoms with Crippen molar-refractivity contribution in [1.82, 2.24) is 0 Å². The summed E-state index contributed by atoms with van der Waals surface area (Å²) in [7, 11) is 0. The van der Waals surface area contributed by atoms with Crippen LogP contribution in [0.4, 0.5) is 0 Å². The summed E-state index contributed by atoms with van der Waals surface area (Å²) < 4.78 is 1.23. The van der Waals surface area contributed by atoms with Crippen LogP contribution in [0.25, 0.3) is 0 Å². The first-order valence-electron chi connectivity index (χ1n) is 3.34. The van der Waals surface area contributed by atoms with Gasteiger partial charge in [-0.3, -0.25) is 0 Å². The monoisotopic (exact) mass is 561 g/mol. The molecule has 1 fully saturated rings. The van der Waals surface area contributed by atoms with Gasteiger partial charge in [-0.1, -0.05) is 24.9 Å². The van der Waals surface area contributed by atoms with Gasteiger partial charge in [-0.2, -0.15) is 6.42 Å². The Morgan fingerprint density at radius 1 is 1.27 bits per heavy atom. The summed E-state index contributed by atoms with van der Waals surface area (Å²) in [6.45, 7) is 0. The molecule has 5 heteroatoms. The van der Waals surface area contributed by atoms with E-state index in [2.05, 4.69) is 58.1 Å². The van der Waals surface area contributed by atoms with Gasteiger partial charge in [0.1, 0.15) is 0 Å². The van der Waals surface area contributed by atoms with Gasteiger partial charge in [0.05, 0.1) is 0 Å². The molecule has 2 nitrogen and oxygen atoms in total. The molecular weight excluding hydrogens is 549 g/mol. The molecule has 0 radical (unpaired) electrons. The van der Waals surface area contributed by atoms with Gasteiger partial charge in [0.2, 0.25) is 0 Å². The molecule has 11 heavy (non-hydrogen) atoms. The third kappa shape index (κ3) is 4.74. The van der Waals surface area contributed by atoms with Gasteiger partial charge in [-0.15, -0.1) is 0 Å². The molecule has 0 aromatic heterocycles. The number of halogens is 2. The van der Waals surface area contributed by atoms with Crippen LogP contribution >= 0.6 is 41.9 Å². The number of nitrogens with two attached hydrogens (primary N) is 2. The fourth-order valence-electron chi connectivity index (χ4n) is 1.07. The Balaban J connectivity index is 0.000000461. The molecule has 4 N–H and O–H groups in total. The van der Waals surface area contributed by atoms with Crippen molar-refractivity contribution in [3.63, 3.8) is 0 Å². The molecule has 0 aromatic rings. The van der Waals surface area contributed by atoms with Crippen molar-refractivity contribution in [3.8, 4) is 0 Å². The summed E-state index contributed by atoms with van der Waals surface area (Å²) in [5.41, 5.74) is 11.0. The molecule has 0 atom stereocenters. The SMILES string of the molecule is NC1(N)CCCC[C-]1I.[I][Pt+].